The van der Waals surface area contributed by atoms with Crippen molar-refractivity contribution in [2.45, 2.75) is 0 Å². The van der Waals surface area contributed by atoms with E-state index in [2.05, 4.69) is 15.5 Å². The summed E-state index contributed by atoms with van der Waals surface area (Å²) in [6.45, 7) is 0. The summed E-state index contributed by atoms with van der Waals surface area (Å²) in [5, 5.41) is 22.7. The van der Waals surface area contributed by atoms with Gasteiger partial charge in [0.1, 0.15) is 5.69 Å². The van der Waals surface area contributed by atoms with E-state index in [1.807, 2.05) is 36.4 Å². The maximum atomic E-state index is 12.6. The van der Waals surface area contributed by atoms with Crippen LogP contribution in [0.4, 0.5) is 11.5 Å². The number of non-ortho nitro benzene ring substituents is 1. The molecule has 0 bridgehead atoms. The van der Waals surface area contributed by atoms with Crippen LogP contribution in [-0.2, 0) is 0 Å². The Hall–Kier alpha value is -4.33. The Kier molecular flexibility index (Phi) is 4.81. The normalized spacial score (nSPS) is 10.5. The van der Waals surface area contributed by atoms with Crippen molar-refractivity contribution in [2.24, 2.45) is 0 Å². The van der Waals surface area contributed by atoms with E-state index < -0.39 is 4.92 Å². The average molecular weight is 385 g/mol. The van der Waals surface area contributed by atoms with Crippen molar-refractivity contribution in [1.29, 1.82) is 0 Å². The zero-order valence-electron chi connectivity index (χ0n) is 15.1. The van der Waals surface area contributed by atoms with Crippen LogP contribution in [-0.4, -0.2) is 25.8 Å². The van der Waals surface area contributed by atoms with Gasteiger partial charge in [-0.3, -0.25) is 14.9 Å². The first-order chi connectivity index (χ1) is 14.1. The number of aromatic nitrogens is 3. The molecule has 0 saturated heterocycles. The number of anilines is 1. The third-order valence-electron chi connectivity index (χ3n) is 4.20. The molecule has 0 saturated carbocycles. The van der Waals surface area contributed by atoms with Gasteiger partial charge in [0.25, 0.3) is 11.6 Å². The molecule has 1 heterocycles. The van der Waals surface area contributed by atoms with Gasteiger partial charge in [-0.25, -0.2) is 0 Å². The summed E-state index contributed by atoms with van der Waals surface area (Å²) in [7, 11) is 0. The van der Waals surface area contributed by atoms with Gasteiger partial charge in [0, 0.05) is 23.3 Å². The Labute approximate surface area is 165 Å². The Morgan fingerprint density at radius 3 is 2.28 bits per heavy atom. The van der Waals surface area contributed by atoms with Crippen LogP contribution < -0.4 is 5.32 Å². The monoisotopic (exact) mass is 385 g/mol. The van der Waals surface area contributed by atoms with Gasteiger partial charge in [-0.05, 0) is 18.2 Å². The van der Waals surface area contributed by atoms with Crippen molar-refractivity contribution >= 4 is 17.4 Å². The molecule has 4 aromatic rings. The van der Waals surface area contributed by atoms with Crippen LogP contribution in [0.3, 0.4) is 0 Å². The van der Waals surface area contributed by atoms with Crippen molar-refractivity contribution in [3.8, 4) is 16.9 Å². The summed E-state index contributed by atoms with van der Waals surface area (Å²) >= 11 is 0. The minimum absolute atomic E-state index is 0.0732. The fourth-order valence-electron chi connectivity index (χ4n) is 2.80. The molecular formula is C21H15N5O3. The van der Waals surface area contributed by atoms with Gasteiger partial charge in [-0.1, -0.05) is 54.6 Å². The van der Waals surface area contributed by atoms with Gasteiger partial charge < -0.3 is 5.32 Å². The van der Waals surface area contributed by atoms with E-state index in [1.54, 1.807) is 36.4 Å². The predicted octanol–water partition coefficient (Wildman–Crippen LogP) is 4.09. The van der Waals surface area contributed by atoms with Gasteiger partial charge in [0.2, 0.25) is 0 Å². The van der Waals surface area contributed by atoms with Gasteiger partial charge in [-0.2, -0.15) is 0 Å². The lowest BCUT2D eigenvalue weighted by Gasteiger charge is -2.03. The summed E-state index contributed by atoms with van der Waals surface area (Å²) in [4.78, 5) is 24.5. The van der Waals surface area contributed by atoms with Gasteiger partial charge in [0.05, 0.1) is 10.6 Å². The number of hydrogen-bond acceptors (Lipinski definition) is 5. The second-order valence-electron chi connectivity index (χ2n) is 6.15. The van der Waals surface area contributed by atoms with Crippen LogP contribution in [0.15, 0.2) is 84.9 Å². The Balaban J connectivity index is 1.76. The van der Waals surface area contributed by atoms with Gasteiger partial charge in [0.15, 0.2) is 5.82 Å². The first-order valence-electron chi connectivity index (χ1n) is 8.76. The van der Waals surface area contributed by atoms with Crippen LogP contribution in [0.1, 0.15) is 10.4 Å². The SMILES string of the molecule is O=C(Nc1nn(-c2cccc([N+](=O)[O-])c2)nc1-c1ccccc1)c1ccccc1. The molecule has 0 aliphatic rings. The van der Waals surface area contributed by atoms with Gasteiger partial charge >= 0.3 is 0 Å². The highest BCUT2D eigenvalue weighted by Gasteiger charge is 2.18. The number of nitrogens with one attached hydrogen (secondary N) is 1. The number of nitro groups is 1. The second-order valence-corrected chi connectivity index (χ2v) is 6.15. The fourth-order valence-corrected chi connectivity index (χ4v) is 2.80. The van der Waals surface area contributed by atoms with Crippen LogP contribution in [0.2, 0.25) is 0 Å². The molecule has 0 radical (unpaired) electrons. The van der Waals surface area contributed by atoms with Crippen LogP contribution in [0.25, 0.3) is 16.9 Å². The van der Waals surface area contributed by atoms with Crippen molar-refractivity contribution in [3.05, 3.63) is 101 Å². The maximum Gasteiger partial charge on any atom is 0.271 e. The summed E-state index contributed by atoms with van der Waals surface area (Å²) in [6, 6.07) is 24.0. The van der Waals surface area contributed by atoms with Crippen molar-refractivity contribution < 1.29 is 9.72 Å². The molecule has 8 heteroatoms. The first kappa shape index (κ1) is 18.1. The molecule has 0 fully saturated rings. The molecular weight excluding hydrogens is 370 g/mol. The predicted molar refractivity (Wildman–Crippen MR) is 108 cm³/mol. The Morgan fingerprint density at radius 2 is 1.59 bits per heavy atom. The lowest BCUT2D eigenvalue weighted by Crippen LogP contribution is -2.13. The molecule has 4 rings (SSSR count). The third kappa shape index (κ3) is 3.86. The van der Waals surface area contributed by atoms with E-state index in [1.165, 1.54) is 16.9 Å². The molecule has 3 aromatic carbocycles. The molecule has 0 aliphatic carbocycles. The molecule has 8 nitrogen and oxygen atoms in total. The molecule has 142 valence electrons. The molecule has 0 unspecified atom stereocenters. The van der Waals surface area contributed by atoms with Crippen molar-refractivity contribution in [1.82, 2.24) is 15.0 Å². The largest absolute Gasteiger partial charge is 0.303 e. The first-order valence-corrected chi connectivity index (χ1v) is 8.76. The second kappa shape index (κ2) is 7.73. The maximum absolute atomic E-state index is 12.6. The lowest BCUT2D eigenvalue weighted by molar-refractivity contribution is -0.384. The number of carbonyl (C=O) groups is 1. The average Bonchev–Trinajstić information content (AvgIpc) is 3.19. The highest BCUT2D eigenvalue weighted by Crippen LogP contribution is 2.26. The number of amides is 1. The third-order valence-corrected chi connectivity index (χ3v) is 4.20. The van der Waals surface area contributed by atoms with E-state index in [0.29, 0.717) is 16.9 Å². The molecule has 0 atom stereocenters. The molecule has 0 spiro atoms. The summed E-state index contributed by atoms with van der Waals surface area (Å²) in [5.41, 5.74) is 2.04. The molecule has 29 heavy (non-hydrogen) atoms. The van der Waals surface area contributed by atoms with Crippen LogP contribution in [0.5, 0.6) is 0 Å². The van der Waals surface area contributed by atoms with Crippen LogP contribution in [0, 0.1) is 10.1 Å². The number of benzene rings is 3. The Bertz CT molecular complexity index is 1170. The zero-order chi connectivity index (χ0) is 20.2. The van der Waals surface area contributed by atoms with Gasteiger partial charge in [-0.15, -0.1) is 15.0 Å². The van der Waals surface area contributed by atoms with E-state index >= 15 is 0 Å². The van der Waals surface area contributed by atoms with E-state index in [4.69, 9.17) is 0 Å². The minimum Gasteiger partial charge on any atom is -0.303 e. The molecule has 1 N–H and O–H groups in total. The summed E-state index contributed by atoms with van der Waals surface area (Å²) < 4.78 is 0. The number of carbonyl (C=O) groups excluding carboxylic acids is 1. The van der Waals surface area contributed by atoms with E-state index in [9.17, 15) is 14.9 Å². The highest BCUT2D eigenvalue weighted by atomic mass is 16.6. The number of rotatable bonds is 5. The van der Waals surface area contributed by atoms with Crippen molar-refractivity contribution in [3.63, 3.8) is 0 Å². The lowest BCUT2D eigenvalue weighted by atomic mass is 10.1. The summed E-state index contributed by atoms with van der Waals surface area (Å²) in [6.07, 6.45) is 0. The number of hydrogen-bond donors (Lipinski definition) is 1. The van der Waals surface area contributed by atoms with Crippen LogP contribution >= 0.6 is 0 Å². The standard InChI is InChI=1S/C21H15N5O3/c27-21(16-10-5-2-6-11-16)22-20-19(15-8-3-1-4-9-15)23-25(24-20)17-12-7-13-18(14-17)26(28)29/h1-14H,(H,22,24,27). The Morgan fingerprint density at radius 1 is 0.897 bits per heavy atom. The fraction of sp³-hybridized carbons (Fsp3) is 0. The number of nitro benzene ring substituents is 1. The smallest absolute Gasteiger partial charge is 0.271 e. The van der Waals surface area contributed by atoms with E-state index in [0.717, 1.165) is 5.56 Å². The van der Waals surface area contributed by atoms with Crippen molar-refractivity contribution in [2.75, 3.05) is 5.32 Å². The van der Waals surface area contributed by atoms with E-state index in [-0.39, 0.29) is 17.4 Å². The topological polar surface area (TPSA) is 103 Å². The minimum atomic E-state index is -0.483. The molecule has 1 amide bonds. The highest BCUT2D eigenvalue weighted by molar-refractivity contribution is 6.05. The summed E-state index contributed by atoms with van der Waals surface area (Å²) in [5.74, 6) is -0.0644. The quantitative estimate of drug-likeness (QED) is 0.412. The zero-order valence-corrected chi connectivity index (χ0v) is 15.1. The number of nitrogens with zero attached hydrogens (tertiary/aromatic N) is 4. The molecule has 0 aliphatic heterocycles. The molecule has 1 aromatic heterocycles.